The van der Waals surface area contributed by atoms with Gasteiger partial charge < -0.3 is 9.47 Å². The maximum atomic E-state index is 13.1. The van der Waals surface area contributed by atoms with Gasteiger partial charge in [-0.3, -0.25) is 9.59 Å². The van der Waals surface area contributed by atoms with E-state index in [2.05, 4.69) is 0 Å². The molecule has 2 rings (SSSR count). The number of esters is 2. The molecule has 0 spiro atoms. The molecule has 1 aliphatic rings. The summed E-state index contributed by atoms with van der Waals surface area (Å²) in [5.74, 6) is -1.39. The van der Waals surface area contributed by atoms with E-state index in [-0.39, 0.29) is 19.1 Å². The van der Waals surface area contributed by atoms with Crippen molar-refractivity contribution >= 4 is 17.5 Å². The second-order valence-electron chi connectivity index (χ2n) is 6.32. The third-order valence-electron chi connectivity index (χ3n) is 4.37. The summed E-state index contributed by atoms with van der Waals surface area (Å²) in [5.41, 5.74) is 1.11. The van der Waals surface area contributed by atoms with E-state index in [4.69, 9.17) is 9.47 Å². The number of rotatable bonds is 6. The van der Waals surface area contributed by atoms with Crippen molar-refractivity contribution in [3.8, 4) is 0 Å². The number of carbonyl (C=O) groups is 2. The van der Waals surface area contributed by atoms with Crippen LogP contribution in [0.15, 0.2) is 48.1 Å². The Balaban J connectivity index is 2.66. The van der Waals surface area contributed by atoms with E-state index < -0.39 is 17.4 Å². The Kier molecular flexibility index (Phi) is 6.18. The van der Waals surface area contributed by atoms with Crippen LogP contribution in [0.1, 0.15) is 39.7 Å². The van der Waals surface area contributed by atoms with Gasteiger partial charge in [0, 0.05) is 5.92 Å². The molecular weight excluding hydrogens is 316 g/mol. The number of hydrogen-bond acceptors (Lipinski definition) is 4. The van der Waals surface area contributed by atoms with Crippen LogP contribution < -0.4 is 0 Å². The first-order valence-corrected chi connectivity index (χ1v) is 8.73. The molecule has 1 aliphatic carbocycles. The first-order valence-electron chi connectivity index (χ1n) is 8.73. The van der Waals surface area contributed by atoms with Crippen molar-refractivity contribution in [3.05, 3.63) is 53.6 Å². The van der Waals surface area contributed by atoms with E-state index in [1.54, 1.807) is 13.8 Å². The normalized spacial score (nSPS) is 18.2. The fourth-order valence-corrected chi connectivity index (χ4v) is 3.44. The second-order valence-corrected chi connectivity index (χ2v) is 6.32. The van der Waals surface area contributed by atoms with Gasteiger partial charge in [0.05, 0.1) is 13.2 Å². The van der Waals surface area contributed by atoms with Crippen LogP contribution in [0.2, 0.25) is 0 Å². The highest BCUT2D eigenvalue weighted by molar-refractivity contribution is 6.13. The van der Waals surface area contributed by atoms with Crippen LogP contribution in [-0.2, 0) is 19.1 Å². The van der Waals surface area contributed by atoms with Crippen molar-refractivity contribution in [1.29, 1.82) is 0 Å². The number of allylic oxidation sites excluding steroid dienone is 3. The maximum Gasteiger partial charge on any atom is 0.328 e. The lowest BCUT2D eigenvalue weighted by atomic mass is 9.71. The SMILES string of the molecule is CCOC(=O)C1(C(=O)OCC)C(c2ccccc2)=CCC1C=C(C)C. The van der Waals surface area contributed by atoms with Gasteiger partial charge in [0.25, 0.3) is 0 Å². The molecule has 25 heavy (non-hydrogen) atoms. The van der Waals surface area contributed by atoms with E-state index in [1.165, 1.54) is 0 Å². The standard InChI is InChI=1S/C21H26O4/c1-5-24-19(22)21(20(23)25-6-2)17(14-15(3)4)12-13-18(21)16-10-8-7-9-11-16/h7-11,13-14,17H,5-6,12H2,1-4H3. The predicted molar refractivity (Wildman–Crippen MR) is 97.7 cm³/mol. The molecule has 0 amide bonds. The number of carbonyl (C=O) groups excluding carboxylic acids is 2. The van der Waals surface area contributed by atoms with E-state index in [9.17, 15) is 9.59 Å². The van der Waals surface area contributed by atoms with Crippen molar-refractivity contribution in [2.45, 2.75) is 34.1 Å². The highest BCUT2D eigenvalue weighted by atomic mass is 16.6. The Morgan fingerprint density at radius 1 is 1.08 bits per heavy atom. The zero-order chi connectivity index (χ0) is 18.4. The topological polar surface area (TPSA) is 52.6 Å². The first-order chi connectivity index (χ1) is 12.0. The Bertz CT molecular complexity index is 663. The molecule has 0 N–H and O–H groups in total. The third-order valence-corrected chi connectivity index (χ3v) is 4.37. The minimum absolute atomic E-state index is 0.212. The average Bonchev–Trinajstić information content (AvgIpc) is 2.95. The first kappa shape index (κ1) is 19.0. The molecule has 1 aromatic rings. The number of benzene rings is 1. The molecule has 1 aromatic carbocycles. The summed E-state index contributed by atoms with van der Waals surface area (Å²) in [7, 11) is 0. The largest absolute Gasteiger partial charge is 0.465 e. The maximum absolute atomic E-state index is 13.1. The van der Waals surface area contributed by atoms with Gasteiger partial charge in [0.2, 0.25) is 0 Å². The molecule has 134 valence electrons. The fraction of sp³-hybridized carbons (Fsp3) is 0.429. The van der Waals surface area contributed by atoms with Gasteiger partial charge in [-0.15, -0.1) is 0 Å². The minimum atomic E-state index is -1.45. The van der Waals surface area contributed by atoms with Gasteiger partial charge in [-0.25, -0.2) is 0 Å². The lowest BCUT2D eigenvalue weighted by Crippen LogP contribution is -2.46. The molecule has 0 aromatic heterocycles. The highest BCUT2D eigenvalue weighted by Crippen LogP contribution is 2.51. The summed E-state index contributed by atoms with van der Waals surface area (Å²) in [6, 6.07) is 9.51. The van der Waals surface area contributed by atoms with Crippen molar-refractivity contribution in [3.63, 3.8) is 0 Å². The minimum Gasteiger partial charge on any atom is -0.465 e. The molecule has 0 bridgehead atoms. The Hall–Kier alpha value is -2.36. The van der Waals surface area contributed by atoms with Crippen molar-refractivity contribution in [2.75, 3.05) is 13.2 Å². The van der Waals surface area contributed by atoms with Crippen LogP contribution in [0.5, 0.6) is 0 Å². The van der Waals surface area contributed by atoms with Gasteiger partial charge >= 0.3 is 11.9 Å². The average molecular weight is 342 g/mol. The zero-order valence-electron chi connectivity index (χ0n) is 15.4. The summed E-state index contributed by atoms with van der Waals surface area (Å²) in [6.45, 7) is 7.83. The molecule has 0 heterocycles. The van der Waals surface area contributed by atoms with Crippen LogP contribution in [0.25, 0.3) is 5.57 Å². The quantitative estimate of drug-likeness (QED) is 0.442. The van der Waals surface area contributed by atoms with E-state index in [1.807, 2.05) is 56.3 Å². The summed E-state index contributed by atoms with van der Waals surface area (Å²) in [5, 5.41) is 0. The summed E-state index contributed by atoms with van der Waals surface area (Å²) >= 11 is 0. The molecular formula is C21H26O4. The Labute approximate surface area is 149 Å². The molecule has 0 saturated heterocycles. The van der Waals surface area contributed by atoms with Crippen LogP contribution >= 0.6 is 0 Å². The molecule has 1 atom stereocenters. The van der Waals surface area contributed by atoms with Crippen LogP contribution in [0.4, 0.5) is 0 Å². The summed E-state index contributed by atoms with van der Waals surface area (Å²) in [4.78, 5) is 26.1. The van der Waals surface area contributed by atoms with Crippen LogP contribution in [0.3, 0.4) is 0 Å². The predicted octanol–water partition coefficient (Wildman–Crippen LogP) is 4.17. The van der Waals surface area contributed by atoms with E-state index in [0.29, 0.717) is 12.0 Å². The summed E-state index contributed by atoms with van der Waals surface area (Å²) < 4.78 is 10.7. The van der Waals surface area contributed by atoms with Crippen LogP contribution in [0, 0.1) is 11.3 Å². The van der Waals surface area contributed by atoms with Gasteiger partial charge in [-0.1, -0.05) is 48.1 Å². The molecule has 0 aliphatic heterocycles. The fourth-order valence-electron chi connectivity index (χ4n) is 3.44. The van der Waals surface area contributed by atoms with Crippen molar-refractivity contribution in [2.24, 2.45) is 11.3 Å². The lowest BCUT2D eigenvalue weighted by molar-refractivity contribution is -0.169. The number of hydrogen-bond donors (Lipinski definition) is 0. The lowest BCUT2D eigenvalue weighted by Gasteiger charge is -2.33. The Morgan fingerprint density at radius 3 is 2.12 bits per heavy atom. The summed E-state index contributed by atoms with van der Waals surface area (Å²) in [6.07, 6.45) is 4.53. The van der Waals surface area contributed by atoms with E-state index >= 15 is 0 Å². The highest BCUT2D eigenvalue weighted by Gasteiger charge is 2.59. The monoisotopic (exact) mass is 342 g/mol. The molecule has 0 radical (unpaired) electrons. The molecule has 0 saturated carbocycles. The number of ether oxygens (including phenoxy) is 2. The zero-order valence-corrected chi connectivity index (χ0v) is 15.4. The van der Waals surface area contributed by atoms with Gasteiger partial charge in [-0.2, -0.15) is 0 Å². The third kappa shape index (κ3) is 3.53. The molecule has 1 unspecified atom stereocenters. The van der Waals surface area contributed by atoms with E-state index in [0.717, 1.165) is 11.1 Å². The van der Waals surface area contributed by atoms with Gasteiger partial charge in [0.1, 0.15) is 0 Å². The van der Waals surface area contributed by atoms with Crippen LogP contribution in [-0.4, -0.2) is 25.2 Å². The second kappa shape index (κ2) is 8.15. The molecule has 4 heteroatoms. The van der Waals surface area contributed by atoms with Crippen molar-refractivity contribution in [1.82, 2.24) is 0 Å². The van der Waals surface area contributed by atoms with Crippen molar-refractivity contribution < 1.29 is 19.1 Å². The molecule has 0 fully saturated rings. The van der Waals surface area contributed by atoms with Gasteiger partial charge in [0.15, 0.2) is 5.41 Å². The van der Waals surface area contributed by atoms with Gasteiger partial charge in [-0.05, 0) is 45.3 Å². The smallest absolute Gasteiger partial charge is 0.328 e. The Morgan fingerprint density at radius 2 is 1.64 bits per heavy atom. The molecule has 4 nitrogen and oxygen atoms in total.